The summed E-state index contributed by atoms with van der Waals surface area (Å²) in [6.07, 6.45) is 3.13. The Labute approximate surface area is 189 Å². The number of ether oxygens (including phenoxy) is 1. The van der Waals surface area contributed by atoms with Gasteiger partial charge in [-0.05, 0) is 48.7 Å². The number of hydrogen-bond donors (Lipinski definition) is 2. The third kappa shape index (κ3) is 3.94. The maximum atomic E-state index is 13.3. The third-order valence-corrected chi connectivity index (χ3v) is 6.96. The summed E-state index contributed by atoms with van der Waals surface area (Å²) in [5, 5.41) is 0.349. The van der Waals surface area contributed by atoms with Crippen LogP contribution in [0.1, 0.15) is 12.8 Å². The molecule has 10 heteroatoms. The fraction of sp³-hybridized carbons (Fsp3) is 0.174. The second-order valence-corrected chi connectivity index (χ2v) is 9.49. The Morgan fingerprint density at radius 2 is 1.85 bits per heavy atom. The van der Waals surface area contributed by atoms with Crippen LogP contribution in [0, 0.1) is 0 Å². The molecule has 2 aromatic carbocycles. The summed E-state index contributed by atoms with van der Waals surface area (Å²) in [5.41, 5.74) is 7.93. The number of anilines is 1. The lowest BCUT2D eigenvalue weighted by Gasteiger charge is -2.13. The van der Waals surface area contributed by atoms with Crippen molar-refractivity contribution in [3.8, 4) is 22.7 Å². The summed E-state index contributed by atoms with van der Waals surface area (Å²) >= 11 is 0. The molecule has 0 bridgehead atoms. The molecule has 0 saturated heterocycles. The fourth-order valence-electron chi connectivity index (χ4n) is 3.63. The highest BCUT2D eigenvalue weighted by Crippen LogP contribution is 2.31. The molecule has 4 aromatic rings. The van der Waals surface area contributed by atoms with E-state index in [0.717, 1.165) is 12.8 Å². The Hall–Kier alpha value is -3.76. The Morgan fingerprint density at radius 3 is 2.55 bits per heavy atom. The van der Waals surface area contributed by atoms with Crippen LogP contribution in [0.15, 0.2) is 70.5 Å². The Kier molecular flexibility index (Phi) is 5.10. The number of nitrogens with zero attached hydrogens (tertiary/aromatic N) is 3. The van der Waals surface area contributed by atoms with Gasteiger partial charge in [-0.15, -0.1) is 0 Å². The Bertz CT molecular complexity index is 1530. The van der Waals surface area contributed by atoms with E-state index >= 15 is 0 Å². The van der Waals surface area contributed by atoms with Gasteiger partial charge in [0.2, 0.25) is 21.9 Å². The lowest BCUT2D eigenvalue weighted by Crippen LogP contribution is -2.26. The first kappa shape index (κ1) is 21.1. The molecule has 0 atom stereocenters. The van der Waals surface area contributed by atoms with Crippen molar-refractivity contribution in [2.24, 2.45) is 0 Å². The number of nitrogens with one attached hydrogen (secondary N) is 1. The van der Waals surface area contributed by atoms with Crippen molar-refractivity contribution >= 4 is 26.9 Å². The number of para-hydroxylation sites is 1. The van der Waals surface area contributed by atoms with Gasteiger partial charge in [-0.1, -0.05) is 24.3 Å². The van der Waals surface area contributed by atoms with Gasteiger partial charge in [0.25, 0.3) is 5.56 Å². The van der Waals surface area contributed by atoms with E-state index in [2.05, 4.69) is 14.7 Å². The van der Waals surface area contributed by atoms with Crippen LogP contribution in [0.3, 0.4) is 0 Å². The SMILES string of the molecule is COc1ncc(-c2ccc3nc(N)n(-c4ccccc4)c(=O)c3c2)cc1S(=O)(=O)NC1CC1. The van der Waals surface area contributed by atoms with Crippen molar-refractivity contribution in [3.63, 3.8) is 0 Å². The van der Waals surface area contributed by atoms with Crippen LogP contribution < -0.4 is 20.8 Å². The lowest BCUT2D eigenvalue weighted by molar-refractivity contribution is 0.385. The minimum atomic E-state index is -3.80. The molecule has 3 N–H and O–H groups in total. The van der Waals surface area contributed by atoms with Gasteiger partial charge in [0.05, 0.1) is 23.7 Å². The van der Waals surface area contributed by atoms with Crippen LogP contribution in [-0.2, 0) is 10.0 Å². The number of fused-ring (bicyclic) bond motifs is 1. The number of nitrogen functional groups attached to an aromatic ring is 1. The highest BCUT2D eigenvalue weighted by molar-refractivity contribution is 7.89. The van der Waals surface area contributed by atoms with Crippen molar-refractivity contribution in [2.45, 2.75) is 23.8 Å². The molecule has 1 aliphatic rings. The summed E-state index contributed by atoms with van der Waals surface area (Å²) in [4.78, 5) is 21.8. The van der Waals surface area contributed by atoms with Crippen LogP contribution in [0.4, 0.5) is 5.95 Å². The van der Waals surface area contributed by atoms with Crippen molar-refractivity contribution in [1.82, 2.24) is 19.3 Å². The molecule has 0 aliphatic heterocycles. The summed E-state index contributed by atoms with van der Waals surface area (Å²) < 4.78 is 34.9. The number of rotatable bonds is 6. The fourth-order valence-corrected chi connectivity index (χ4v) is 5.08. The molecule has 1 fully saturated rings. The van der Waals surface area contributed by atoms with Crippen molar-refractivity contribution in [1.29, 1.82) is 0 Å². The molecule has 2 aromatic heterocycles. The van der Waals surface area contributed by atoms with Crippen LogP contribution in [-0.4, -0.2) is 36.1 Å². The number of benzene rings is 2. The molecule has 9 nitrogen and oxygen atoms in total. The normalized spacial score (nSPS) is 13.8. The second kappa shape index (κ2) is 7.98. The standard InChI is InChI=1S/C23H21N5O4S/c1-32-21-20(33(30,31)27-16-8-9-16)12-15(13-25-21)14-7-10-19-18(11-14)22(29)28(23(24)26-19)17-5-3-2-4-6-17/h2-7,10-13,16,27H,8-9H2,1H3,(H2,24,26). The average molecular weight is 464 g/mol. The quantitative estimate of drug-likeness (QED) is 0.449. The summed E-state index contributed by atoms with van der Waals surface area (Å²) in [7, 11) is -2.43. The van der Waals surface area contributed by atoms with Gasteiger partial charge in [-0.3, -0.25) is 4.79 Å². The monoisotopic (exact) mass is 463 g/mol. The van der Waals surface area contributed by atoms with E-state index in [1.165, 1.54) is 23.9 Å². The molecule has 2 heterocycles. The molecule has 0 radical (unpaired) electrons. The number of sulfonamides is 1. The zero-order chi connectivity index (χ0) is 23.2. The average Bonchev–Trinajstić information content (AvgIpc) is 3.62. The maximum Gasteiger partial charge on any atom is 0.267 e. The number of nitrogens with two attached hydrogens (primary N) is 1. The number of methoxy groups -OCH3 is 1. The van der Waals surface area contributed by atoms with Crippen LogP contribution in [0.2, 0.25) is 0 Å². The zero-order valence-electron chi connectivity index (χ0n) is 17.7. The van der Waals surface area contributed by atoms with Gasteiger partial charge in [-0.2, -0.15) is 0 Å². The minimum Gasteiger partial charge on any atom is -0.480 e. The number of aromatic nitrogens is 3. The largest absolute Gasteiger partial charge is 0.480 e. The highest BCUT2D eigenvalue weighted by Gasteiger charge is 2.30. The maximum absolute atomic E-state index is 13.3. The first-order chi connectivity index (χ1) is 15.9. The molecular formula is C23H21N5O4S. The van der Waals surface area contributed by atoms with E-state index in [0.29, 0.717) is 27.7 Å². The van der Waals surface area contributed by atoms with Gasteiger partial charge in [0, 0.05) is 17.8 Å². The topological polar surface area (TPSA) is 129 Å². The molecule has 1 aliphatic carbocycles. The van der Waals surface area contributed by atoms with E-state index < -0.39 is 10.0 Å². The van der Waals surface area contributed by atoms with E-state index in [1.807, 2.05) is 18.2 Å². The zero-order valence-corrected chi connectivity index (χ0v) is 18.5. The number of pyridine rings is 1. The molecule has 0 unspecified atom stereocenters. The second-order valence-electron chi connectivity index (χ2n) is 7.81. The van der Waals surface area contributed by atoms with Gasteiger partial charge in [-0.25, -0.2) is 27.7 Å². The summed E-state index contributed by atoms with van der Waals surface area (Å²) in [6, 6.07) is 15.5. The van der Waals surface area contributed by atoms with Gasteiger partial charge in [0.15, 0.2) is 0 Å². The highest BCUT2D eigenvalue weighted by atomic mass is 32.2. The van der Waals surface area contributed by atoms with Gasteiger partial charge in [0.1, 0.15) is 4.90 Å². The molecular weight excluding hydrogens is 442 g/mol. The molecule has 0 spiro atoms. The van der Waals surface area contributed by atoms with Crippen LogP contribution in [0.25, 0.3) is 27.7 Å². The summed E-state index contributed by atoms with van der Waals surface area (Å²) in [5.74, 6) is 0.0886. The molecule has 33 heavy (non-hydrogen) atoms. The Balaban J connectivity index is 1.65. The van der Waals surface area contributed by atoms with Gasteiger partial charge >= 0.3 is 0 Å². The molecule has 1 saturated carbocycles. The smallest absolute Gasteiger partial charge is 0.267 e. The van der Waals surface area contributed by atoms with E-state index in [9.17, 15) is 13.2 Å². The first-order valence-corrected chi connectivity index (χ1v) is 11.8. The summed E-state index contributed by atoms with van der Waals surface area (Å²) in [6.45, 7) is 0. The van der Waals surface area contributed by atoms with Crippen LogP contribution in [0.5, 0.6) is 5.88 Å². The molecule has 5 rings (SSSR count). The first-order valence-electron chi connectivity index (χ1n) is 10.3. The van der Waals surface area contributed by atoms with Crippen LogP contribution >= 0.6 is 0 Å². The van der Waals surface area contributed by atoms with E-state index in [1.54, 1.807) is 30.3 Å². The predicted octanol–water partition coefficient (Wildman–Crippen LogP) is 2.48. The predicted molar refractivity (Wildman–Crippen MR) is 125 cm³/mol. The minimum absolute atomic E-state index is 0.00793. The molecule has 168 valence electrons. The van der Waals surface area contributed by atoms with E-state index in [-0.39, 0.29) is 28.3 Å². The molecule has 0 amide bonds. The van der Waals surface area contributed by atoms with Crippen molar-refractivity contribution < 1.29 is 13.2 Å². The lowest BCUT2D eigenvalue weighted by atomic mass is 10.1. The van der Waals surface area contributed by atoms with Crippen molar-refractivity contribution in [3.05, 3.63) is 71.1 Å². The van der Waals surface area contributed by atoms with Gasteiger partial charge < -0.3 is 10.5 Å². The third-order valence-electron chi connectivity index (χ3n) is 5.44. The van der Waals surface area contributed by atoms with E-state index in [4.69, 9.17) is 10.5 Å². The van der Waals surface area contributed by atoms with Crippen molar-refractivity contribution in [2.75, 3.05) is 12.8 Å². The number of hydrogen-bond acceptors (Lipinski definition) is 7. The Morgan fingerprint density at radius 1 is 1.09 bits per heavy atom.